The Morgan fingerprint density at radius 2 is 1.82 bits per heavy atom. The molecule has 2 rings (SSSR count). The molecule has 2 aliphatic rings. The van der Waals surface area contributed by atoms with Gasteiger partial charge in [-0.05, 0) is 31.6 Å². The van der Waals surface area contributed by atoms with Gasteiger partial charge in [0.05, 0.1) is 6.10 Å². The summed E-state index contributed by atoms with van der Waals surface area (Å²) in [5, 5.41) is 9.65. The van der Waals surface area contributed by atoms with Gasteiger partial charge in [0.25, 0.3) is 10.2 Å². The molecule has 1 saturated carbocycles. The standard InChI is InChI=1S/C11H22N2O3S/c14-11-6-4-5-10(11)9-12-17(15,16)13-7-2-1-3-8-13/h10-12,14H,1-9H2. The zero-order chi connectivity index (χ0) is 12.3. The molecular weight excluding hydrogens is 240 g/mol. The van der Waals surface area contributed by atoms with E-state index < -0.39 is 10.2 Å². The highest BCUT2D eigenvalue weighted by Gasteiger charge is 2.29. The van der Waals surface area contributed by atoms with Gasteiger partial charge in [-0.1, -0.05) is 12.8 Å². The van der Waals surface area contributed by atoms with E-state index in [4.69, 9.17) is 0 Å². The van der Waals surface area contributed by atoms with Gasteiger partial charge in [-0.25, -0.2) is 4.72 Å². The summed E-state index contributed by atoms with van der Waals surface area (Å²) < 4.78 is 28.1. The molecule has 2 fully saturated rings. The van der Waals surface area contributed by atoms with Crippen molar-refractivity contribution in [3.05, 3.63) is 0 Å². The Morgan fingerprint density at radius 1 is 1.12 bits per heavy atom. The fourth-order valence-corrected chi connectivity index (χ4v) is 4.01. The largest absolute Gasteiger partial charge is 0.393 e. The summed E-state index contributed by atoms with van der Waals surface area (Å²) in [6, 6.07) is 0. The maximum absolute atomic E-state index is 12.0. The number of aliphatic hydroxyl groups excluding tert-OH is 1. The zero-order valence-electron chi connectivity index (χ0n) is 10.1. The fraction of sp³-hybridized carbons (Fsp3) is 1.00. The van der Waals surface area contributed by atoms with Gasteiger partial charge < -0.3 is 5.11 Å². The van der Waals surface area contributed by atoms with Crippen molar-refractivity contribution in [2.24, 2.45) is 5.92 Å². The van der Waals surface area contributed by atoms with Crippen LogP contribution in [0.5, 0.6) is 0 Å². The van der Waals surface area contributed by atoms with Crippen molar-refractivity contribution in [3.8, 4) is 0 Å². The smallest absolute Gasteiger partial charge is 0.279 e. The minimum Gasteiger partial charge on any atom is -0.393 e. The lowest BCUT2D eigenvalue weighted by molar-refractivity contribution is 0.134. The molecule has 5 nitrogen and oxygen atoms in total. The third-order valence-electron chi connectivity index (χ3n) is 3.80. The van der Waals surface area contributed by atoms with Crippen molar-refractivity contribution in [1.82, 2.24) is 9.03 Å². The predicted molar refractivity (Wildman–Crippen MR) is 65.7 cm³/mol. The van der Waals surface area contributed by atoms with Crippen molar-refractivity contribution >= 4 is 10.2 Å². The van der Waals surface area contributed by atoms with E-state index in [1.54, 1.807) is 0 Å². The molecule has 0 radical (unpaired) electrons. The third kappa shape index (κ3) is 3.40. The summed E-state index contributed by atoms with van der Waals surface area (Å²) in [4.78, 5) is 0. The van der Waals surface area contributed by atoms with E-state index >= 15 is 0 Å². The molecule has 2 unspecified atom stereocenters. The Kier molecular flexibility index (Phi) is 4.41. The van der Waals surface area contributed by atoms with E-state index in [1.807, 2.05) is 0 Å². The summed E-state index contributed by atoms with van der Waals surface area (Å²) in [7, 11) is -3.32. The maximum atomic E-state index is 12.0. The molecule has 1 aliphatic heterocycles. The van der Waals surface area contributed by atoms with E-state index in [9.17, 15) is 13.5 Å². The summed E-state index contributed by atoms with van der Waals surface area (Å²) in [6.07, 6.45) is 5.41. The van der Waals surface area contributed by atoms with Crippen LogP contribution < -0.4 is 4.72 Å². The van der Waals surface area contributed by atoms with Crippen LogP contribution in [0.3, 0.4) is 0 Å². The van der Waals surface area contributed by atoms with Crippen LogP contribution in [0.1, 0.15) is 38.5 Å². The summed E-state index contributed by atoms with van der Waals surface area (Å²) in [6.45, 7) is 1.63. The molecular formula is C11H22N2O3S. The van der Waals surface area contributed by atoms with E-state index in [2.05, 4.69) is 4.72 Å². The van der Waals surface area contributed by atoms with Gasteiger partial charge in [-0.3, -0.25) is 0 Å². The summed E-state index contributed by atoms with van der Waals surface area (Å²) in [5.41, 5.74) is 0. The van der Waals surface area contributed by atoms with Crippen molar-refractivity contribution in [3.63, 3.8) is 0 Å². The quantitative estimate of drug-likeness (QED) is 0.773. The Morgan fingerprint density at radius 3 is 2.41 bits per heavy atom. The van der Waals surface area contributed by atoms with Gasteiger partial charge >= 0.3 is 0 Å². The molecule has 17 heavy (non-hydrogen) atoms. The normalized spacial score (nSPS) is 31.8. The Labute approximate surface area is 103 Å². The number of nitrogens with one attached hydrogen (secondary N) is 1. The second kappa shape index (κ2) is 5.65. The van der Waals surface area contributed by atoms with E-state index in [0.717, 1.165) is 38.5 Å². The fourth-order valence-electron chi connectivity index (χ4n) is 2.66. The molecule has 0 amide bonds. The minimum atomic E-state index is -3.32. The number of piperidine rings is 1. The second-order valence-electron chi connectivity index (χ2n) is 5.07. The number of nitrogens with zero attached hydrogens (tertiary/aromatic N) is 1. The molecule has 0 spiro atoms. The van der Waals surface area contributed by atoms with Gasteiger partial charge in [-0.2, -0.15) is 12.7 Å². The highest BCUT2D eigenvalue weighted by atomic mass is 32.2. The average molecular weight is 262 g/mol. The molecule has 0 aromatic rings. The average Bonchev–Trinajstić information content (AvgIpc) is 2.74. The SMILES string of the molecule is O=S(=O)(NCC1CCCC1O)N1CCCCC1. The Hall–Kier alpha value is -0.170. The molecule has 100 valence electrons. The van der Waals surface area contributed by atoms with Crippen LogP contribution in [-0.2, 0) is 10.2 Å². The number of aliphatic hydroxyl groups is 1. The molecule has 1 heterocycles. The molecule has 2 atom stereocenters. The molecule has 0 aromatic heterocycles. The second-order valence-corrected chi connectivity index (χ2v) is 6.83. The van der Waals surface area contributed by atoms with E-state index in [0.29, 0.717) is 19.6 Å². The monoisotopic (exact) mass is 262 g/mol. The lowest BCUT2D eigenvalue weighted by Crippen LogP contribution is -2.45. The number of hydrogen-bond acceptors (Lipinski definition) is 3. The third-order valence-corrected chi connectivity index (χ3v) is 5.38. The van der Waals surface area contributed by atoms with Crippen LogP contribution in [0.2, 0.25) is 0 Å². The lowest BCUT2D eigenvalue weighted by Gasteiger charge is -2.27. The van der Waals surface area contributed by atoms with Crippen LogP contribution in [0.15, 0.2) is 0 Å². The molecule has 6 heteroatoms. The minimum absolute atomic E-state index is 0.0922. The predicted octanol–water partition coefficient (Wildman–Crippen LogP) is 0.468. The van der Waals surface area contributed by atoms with Crippen molar-refractivity contribution in [2.75, 3.05) is 19.6 Å². The first kappa shape index (κ1) is 13.3. The van der Waals surface area contributed by atoms with Crippen LogP contribution in [0.4, 0.5) is 0 Å². The Balaban J connectivity index is 1.84. The van der Waals surface area contributed by atoms with Crippen LogP contribution >= 0.6 is 0 Å². The highest BCUT2D eigenvalue weighted by molar-refractivity contribution is 7.87. The highest BCUT2D eigenvalue weighted by Crippen LogP contribution is 2.25. The maximum Gasteiger partial charge on any atom is 0.279 e. The van der Waals surface area contributed by atoms with Gasteiger partial charge in [0, 0.05) is 19.6 Å². The molecule has 0 aromatic carbocycles. The summed E-state index contributed by atoms with van der Waals surface area (Å²) >= 11 is 0. The van der Waals surface area contributed by atoms with Crippen LogP contribution in [0, 0.1) is 5.92 Å². The van der Waals surface area contributed by atoms with Crippen LogP contribution in [-0.4, -0.2) is 43.6 Å². The van der Waals surface area contributed by atoms with Crippen molar-refractivity contribution in [1.29, 1.82) is 0 Å². The van der Waals surface area contributed by atoms with Gasteiger partial charge in [-0.15, -0.1) is 0 Å². The Bertz CT molecular complexity index is 339. The van der Waals surface area contributed by atoms with Gasteiger partial charge in [0.15, 0.2) is 0 Å². The van der Waals surface area contributed by atoms with Crippen LogP contribution in [0.25, 0.3) is 0 Å². The summed E-state index contributed by atoms with van der Waals surface area (Å²) in [5.74, 6) is 0.0922. The lowest BCUT2D eigenvalue weighted by atomic mass is 10.1. The van der Waals surface area contributed by atoms with E-state index in [1.165, 1.54) is 4.31 Å². The van der Waals surface area contributed by atoms with E-state index in [-0.39, 0.29) is 12.0 Å². The van der Waals surface area contributed by atoms with Gasteiger partial charge in [0.2, 0.25) is 0 Å². The van der Waals surface area contributed by atoms with Crippen molar-refractivity contribution < 1.29 is 13.5 Å². The first-order chi connectivity index (χ1) is 8.09. The molecule has 1 saturated heterocycles. The number of hydrogen-bond donors (Lipinski definition) is 2. The molecule has 1 aliphatic carbocycles. The number of rotatable bonds is 4. The zero-order valence-corrected chi connectivity index (χ0v) is 11.0. The molecule has 0 bridgehead atoms. The van der Waals surface area contributed by atoms with Crippen molar-refractivity contribution in [2.45, 2.75) is 44.6 Å². The molecule has 2 N–H and O–H groups in total. The topological polar surface area (TPSA) is 69.6 Å². The van der Waals surface area contributed by atoms with Gasteiger partial charge in [0.1, 0.15) is 0 Å². The first-order valence-electron chi connectivity index (χ1n) is 6.52. The first-order valence-corrected chi connectivity index (χ1v) is 7.96.